The zero-order chi connectivity index (χ0) is 20.7. The van der Waals surface area contributed by atoms with Gasteiger partial charge >= 0.3 is 0 Å². The van der Waals surface area contributed by atoms with Crippen LogP contribution < -0.4 is 10.1 Å². The van der Waals surface area contributed by atoms with Crippen molar-refractivity contribution in [2.45, 2.75) is 20.0 Å². The second-order valence-electron chi connectivity index (χ2n) is 6.61. The third-order valence-corrected chi connectivity index (χ3v) is 3.74. The van der Waals surface area contributed by atoms with Crippen molar-refractivity contribution < 1.29 is 14.3 Å². The number of para-hydroxylation sites is 1. The monoisotopic (exact) mass is 377 g/mol. The minimum Gasteiger partial charge on any atom is -0.490 e. The van der Waals surface area contributed by atoms with Crippen molar-refractivity contribution >= 4 is 23.6 Å². The lowest BCUT2D eigenvalue weighted by molar-refractivity contribution is -0.112. The highest BCUT2D eigenvalue weighted by molar-refractivity contribution is 6.10. The summed E-state index contributed by atoms with van der Waals surface area (Å²) in [4.78, 5) is 25.9. The molecule has 144 valence electrons. The average molecular weight is 377 g/mol. The van der Waals surface area contributed by atoms with Gasteiger partial charge in [-0.1, -0.05) is 18.2 Å². The van der Waals surface area contributed by atoms with E-state index in [1.807, 2.05) is 32.0 Å². The molecule has 0 aromatic heterocycles. The first-order chi connectivity index (χ1) is 13.3. The second kappa shape index (κ2) is 9.38. The van der Waals surface area contributed by atoms with Crippen LogP contribution in [0.25, 0.3) is 6.08 Å². The van der Waals surface area contributed by atoms with Crippen molar-refractivity contribution in [3.8, 4) is 11.8 Å². The molecule has 0 heterocycles. The maximum atomic E-state index is 12.5. The van der Waals surface area contributed by atoms with E-state index in [-0.39, 0.29) is 17.6 Å². The fraction of sp³-hybridized carbons (Fsp3) is 0.227. The van der Waals surface area contributed by atoms with Gasteiger partial charge in [-0.05, 0) is 50.3 Å². The minimum absolute atomic E-state index is 0.0303. The molecule has 0 aliphatic heterocycles. The molecule has 0 bridgehead atoms. The molecular formula is C22H23N3O3. The van der Waals surface area contributed by atoms with Crippen LogP contribution in [0.15, 0.2) is 54.1 Å². The molecule has 28 heavy (non-hydrogen) atoms. The van der Waals surface area contributed by atoms with Crippen LogP contribution in [-0.4, -0.2) is 36.9 Å². The number of nitriles is 1. The molecule has 0 saturated carbocycles. The summed E-state index contributed by atoms with van der Waals surface area (Å²) in [6.45, 7) is 3.81. The Bertz CT molecular complexity index is 923. The molecular weight excluding hydrogens is 354 g/mol. The van der Waals surface area contributed by atoms with Gasteiger partial charge in [-0.15, -0.1) is 0 Å². The van der Waals surface area contributed by atoms with Crippen LogP contribution in [-0.2, 0) is 4.79 Å². The van der Waals surface area contributed by atoms with E-state index in [4.69, 9.17) is 4.74 Å². The fourth-order valence-corrected chi connectivity index (χ4v) is 2.42. The van der Waals surface area contributed by atoms with Gasteiger partial charge in [0.15, 0.2) is 0 Å². The number of benzene rings is 2. The number of rotatable bonds is 6. The zero-order valence-electron chi connectivity index (χ0n) is 16.4. The molecule has 0 fully saturated rings. The third kappa shape index (κ3) is 5.45. The molecule has 2 rings (SSSR count). The summed E-state index contributed by atoms with van der Waals surface area (Å²) >= 11 is 0. The third-order valence-electron chi connectivity index (χ3n) is 3.74. The lowest BCUT2D eigenvalue weighted by Gasteiger charge is -2.12. The predicted octanol–water partition coefficient (Wildman–Crippen LogP) is 3.72. The Labute approximate surface area is 165 Å². The van der Waals surface area contributed by atoms with Crippen LogP contribution in [0.4, 0.5) is 5.69 Å². The maximum Gasteiger partial charge on any atom is 0.266 e. The van der Waals surface area contributed by atoms with E-state index in [9.17, 15) is 14.9 Å². The molecule has 6 heteroatoms. The first-order valence-corrected chi connectivity index (χ1v) is 8.82. The summed E-state index contributed by atoms with van der Waals surface area (Å²) in [5.41, 5.74) is 1.61. The number of nitrogens with zero attached hydrogens (tertiary/aromatic N) is 2. The molecule has 0 unspecified atom stereocenters. The highest BCUT2D eigenvalue weighted by atomic mass is 16.5. The normalized spacial score (nSPS) is 10.9. The van der Waals surface area contributed by atoms with Gasteiger partial charge in [-0.3, -0.25) is 9.59 Å². The van der Waals surface area contributed by atoms with E-state index in [1.165, 1.54) is 11.0 Å². The van der Waals surface area contributed by atoms with Crippen LogP contribution in [0.3, 0.4) is 0 Å². The van der Waals surface area contributed by atoms with E-state index in [2.05, 4.69) is 5.32 Å². The fourth-order valence-electron chi connectivity index (χ4n) is 2.42. The number of hydrogen-bond donors (Lipinski definition) is 1. The summed E-state index contributed by atoms with van der Waals surface area (Å²) in [6.07, 6.45) is 1.47. The number of hydrogen-bond acceptors (Lipinski definition) is 4. The van der Waals surface area contributed by atoms with Crippen molar-refractivity contribution in [1.82, 2.24) is 4.90 Å². The van der Waals surface area contributed by atoms with Crippen molar-refractivity contribution in [2.24, 2.45) is 0 Å². The molecule has 6 nitrogen and oxygen atoms in total. The Morgan fingerprint density at radius 2 is 1.75 bits per heavy atom. The van der Waals surface area contributed by atoms with Crippen molar-refractivity contribution in [3.05, 3.63) is 65.2 Å². The van der Waals surface area contributed by atoms with Gasteiger partial charge in [-0.25, -0.2) is 0 Å². The van der Waals surface area contributed by atoms with Gasteiger partial charge in [0.05, 0.1) is 6.10 Å². The SMILES string of the molecule is CC(C)Oc1ccccc1/C=C(/C#N)C(=O)Nc1ccc(C(=O)N(C)C)cc1. The lowest BCUT2D eigenvalue weighted by atomic mass is 10.1. The van der Waals surface area contributed by atoms with Crippen LogP contribution >= 0.6 is 0 Å². The van der Waals surface area contributed by atoms with Gasteiger partial charge in [-0.2, -0.15) is 5.26 Å². The summed E-state index contributed by atoms with van der Waals surface area (Å²) in [6, 6.07) is 15.6. The number of anilines is 1. The molecule has 2 aromatic carbocycles. The smallest absolute Gasteiger partial charge is 0.266 e. The van der Waals surface area contributed by atoms with E-state index in [0.717, 1.165) is 0 Å². The summed E-state index contributed by atoms with van der Waals surface area (Å²) in [5, 5.41) is 12.1. The van der Waals surface area contributed by atoms with E-state index < -0.39 is 5.91 Å². The number of carbonyl (C=O) groups excluding carboxylic acids is 2. The molecule has 2 amide bonds. The Morgan fingerprint density at radius 1 is 1.11 bits per heavy atom. The van der Waals surface area contributed by atoms with Gasteiger partial charge in [0.1, 0.15) is 17.4 Å². The quantitative estimate of drug-likeness (QED) is 0.614. The highest BCUT2D eigenvalue weighted by Gasteiger charge is 2.13. The Hall–Kier alpha value is -3.59. The standard InChI is InChI=1S/C22H23N3O3/c1-15(2)28-20-8-6-5-7-17(20)13-18(14-23)21(26)24-19-11-9-16(10-12-19)22(27)25(3)4/h5-13,15H,1-4H3,(H,24,26)/b18-13-. The molecule has 0 aliphatic rings. The zero-order valence-corrected chi connectivity index (χ0v) is 16.4. The van der Waals surface area contributed by atoms with Crippen molar-refractivity contribution in [1.29, 1.82) is 5.26 Å². The molecule has 0 atom stereocenters. The first-order valence-electron chi connectivity index (χ1n) is 8.82. The largest absolute Gasteiger partial charge is 0.490 e. The summed E-state index contributed by atoms with van der Waals surface area (Å²) in [5.74, 6) is -0.0598. The molecule has 0 spiro atoms. The van der Waals surface area contributed by atoms with Crippen LogP contribution in [0.2, 0.25) is 0 Å². The molecule has 1 N–H and O–H groups in total. The van der Waals surface area contributed by atoms with Crippen molar-refractivity contribution in [3.63, 3.8) is 0 Å². The molecule has 0 saturated heterocycles. The van der Waals surface area contributed by atoms with E-state index >= 15 is 0 Å². The van der Waals surface area contributed by atoms with Crippen LogP contribution in [0, 0.1) is 11.3 Å². The van der Waals surface area contributed by atoms with Crippen molar-refractivity contribution in [2.75, 3.05) is 19.4 Å². The van der Waals surface area contributed by atoms with Crippen LogP contribution in [0.5, 0.6) is 5.75 Å². The number of carbonyl (C=O) groups is 2. The average Bonchev–Trinajstić information content (AvgIpc) is 2.66. The molecule has 2 aromatic rings. The van der Waals surface area contributed by atoms with Gasteiger partial charge < -0.3 is 15.0 Å². The predicted molar refractivity (Wildman–Crippen MR) is 109 cm³/mol. The summed E-state index contributed by atoms with van der Waals surface area (Å²) < 4.78 is 5.72. The number of amides is 2. The van der Waals surface area contributed by atoms with E-state index in [1.54, 1.807) is 50.5 Å². The number of nitrogens with one attached hydrogen (secondary N) is 1. The Balaban J connectivity index is 2.20. The molecule has 0 aliphatic carbocycles. The van der Waals surface area contributed by atoms with Gasteiger partial charge in [0.2, 0.25) is 0 Å². The minimum atomic E-state index is -0.534. The van der Waals surface area contributed by atoms with Gasteiger partial charge in [0, 0.05) is 30.9 Å². The second-order valence-corrected chi connectivity index (χ2v) is 6.61. The van der Waals surface area contributed by atoms with Crippen LogP contribution in [0.1, 0.15) is 29.8 Å². The van der Waals surface area contributed by atoms with E-state index in [0.29, 0.717) is 22.6 Å². The lowest BCUT2D eigenvalue weighted by Crippen LogP contribution is -2.21. The number of ether oxygens (including phenoxy) is 1. The Morgan fingerprint density at radius 3 is 2.32 bits per heavy atom. The summed E-state index contributed by atoms with van der Waals surface area (Å²) in [7, 11) is 3.34. The highest BCUT2D eigenvalue weighted by Crippen LogP contribution is 2.22. The molecule has 0 radical (unpaired) electrons. The Kier molecular flexibility index (Phi) is 6.94. The van der Waals surface area contributed by atoms with Gasteiger partial charge in [0.25, 0.3) is 11.8 Å². The topological polar surface area (TPSA) is 82.4 Å². The maximum absolute atomic E-state index is 12.5. The first kappa shape index (κ1) is 20.7.